The van der Waals surface area contributed by atoms with E-state index in [2.05, 4.69) is 4.98 Å². The SMILES string of the molecule is Cc1ccc(Cn2c(O)c(F)c(=O)[nH]c2=O)cn1. The highest BCUT2D eigenvalue weighted by molar-refractivity contribution is 5.17. The molecule has 0 aliphatic carbocycles. The Kier molecular flexibility index (Phi) is 2.97. The number of nitrogens with zero attached hydrogens (tertiary/aromatic N) is 2. The fraction of sp³-hybridized carbons (Fsp3) is 0.182. The van der Waals surface area contributed by atoms with Crippen LogP contribution in [0.5, 0.6) is 5.88 Å². The molecule has 0 aliphatic rings. The molecular formula is C11H10FN3O3. The predicted molar refractivity (Wildman–Crippen MR) is 61.0 cm³/mol. The molecule has 6 nitrogen and oxygen atoms in total. The van der Waals surface area contributed by atoms with Gasteiger partial charge >= 0.3 is 5.69 Å². The maximum atomic E-state index is 13.2. The van der Waals surface area contributed by atoms with Crippen molar-refractivity contribution in [3.63, 3.8) is 0 Å². The summed E-state index contributed by atoms with van der Waals surface area (Å²) >= 11 is 0. The summed E-state index contributed by atoms with van der Waals surface area (Å²) < 4.78 is 13.9. The van der Waals surface area contributed by atoms with Crippen molar-refractivity contribution in [1.29, 1.82) is 0 Å². The minimum Gasteiger partial charge on any atom is -0.492 e. The van der Waals surface area contributed by atoms with Crippen molar-refractivity contribution in [3.8, 4) is 5.88 Å². The summed E-state index contributed by atoms with van der Waals surface area (Å²) in [4.78, 5) is 28.1. The molecular weight excluding hydrogens is 241 g/mol. The largest absolute Gasteiger partial charge is 0.492 e. The van der Waals surface area contributed by atoms with Gasteiger partial charge in [0, 0.05) is 11.9 Å². The number of rotatable bonds is 2. The number of aromatic nitrogens is 3. The molecule has 7 heteroatoms. The molecule has 0 saturated heterocycles. The standard InChI is InChI=1S/C11H10FN3O3/c1-6-2-3-7(4-13-6)5-15-10(17)8(12)9(16)14-11(15)18/h2-4,17H,5H2,1H3,(H,14,16,18). The number of H-pyrrole nitrogens is 1. The van der Waals surface area contributed by atoms with Crippen LogP contribution in [0.25, 0.3) is 0 Å². The maximum absolute atomic E-state index is 13.2. The normalized spacial score (nSPS) is 10.6. The lowest BCUT2D eigenvalue weighted by atomic mass is 10.2. The quantitative estimate of drug-likeness (QED) is 0.794. The second kappa shape index (κ2) is 4.44. The summed E-state index contributed by atoms with van der Waals surface area (Å²) in [6, 6.07) is 3.41. The summed E-state index contributed by atoms with van der Waals surface area (Å²) in [5.74, 6) is -2.36. The van der Waals surface area contributed by atoms with Crippen LogP contribution >= 0.6 is 0 Å². The highest BCUT2D eigenvalue weighted by atomic mass is 19.1. The van der Waals surface area contributed by atoms with E-state index in [-0.39, 0.29) is 6.54 Å². The molecule has 18 heavy (non-hydrogen) atoms. The van der Waals surface area contributed by atoms with Crippen molar-refractivity contribution >= 4 is 0 Å². The number of pyridine rings is 1. The Balaban J connectivity index is 2.47. The smallest absolute Gasteiger partial charge is 0.331 e. The van der Waals surface area contributed by atoms with Crippen molar-refractivity contribution in [2.45, 2.75) is 13.5 Å². The Morgan fingerprint density at radius 1 is 1.44 bits per heavy atom. The Morgan fingerprint density at radius 2 is 2.17 bits per heavy atom. The fourth-order valence-corrected chi connectivity index (χ4v) is 1.46. The van der Waals surface area contributed by atoms with Crippen LogP contribution in [0, 0.1) is 12.7 Å². The molecule has 0 saturated carbocycles. The highest BCUT2D eigenvalue weighted by Gasteiger charge is 2.13. The van der Waals surface area contributed by atoms with E-state index < -0.39 is 22.9 Å². The summed E-state index contributed by atoms with van der Waals surface area (Å²) in [5.41, 5.74) is -0.720. The van der Waals surface area contributed by atoms with Gasteiger partial charge < -0.3 is 5.11 Å². The second-order valence-corrected chi connectivity index (χ2v) is 3.79. The number of aromatic hydroxyl groups is 1. The van der Waals surface area contributed by atoms with Crippen molar-refractivity contribution < 1.29 is 9.50 Å². The predicted octanol–water partition coefficient (Wildman–Crippen LogP) is 0.133. The van der Waals surface area contributed by atoms with Crippen LogP contribution in [0.1, 0.15) is 11.3 Å². The van der Waals surface area contributed by atoms with E-state index in [4.69, 9.17) is 0 Å². The van der Waals surface area contributed by atoms with E-state index in [1.165, 1.54) is 6.20 Å². The first-order chi connectivity index (χ1) is 8.49. The van der Waals surface area contributed by atoms with Gasteiger partial charge in [-0.25, -0.2) is 4.79 Å². The Bertz CT molecular complexity index is 688. The average molecular weight is 251 g/mol. The molecule has 2 aromatic rings. The molecule has 0 spiro atoms. The molecule has 2 aromatic heterocycles. The van der Waals surface area contributed by atoms with Crippen molar-refractivity contribution in [3.05, 3.63) is 56.2 Å². The van der Waals surface area contributed by atoms with E-state index in [0.717, 1.165) is 10.3 Å². The molecule has 2 N–H and O–H groups in total. The third-order valence-corrected chi connectivity index (χ3v) is 2.43. The average Bonchev–Trinajstić information content (AvgIpc) is 2.34. The summed E-state index contributed by atoms with van der Waals surface area (Å²) in [6.07, 6.45) is 1.50. The third-order valence-electron chi connectivity index (χ3n) is 2.43. The zero-order valence-electron chi connectivity index (χ0n) is 9.48. The number of aromatic amines is 1. The molecule has 2 rings (SSSR count). The van der Waals surface area contributed by atoms with Crippen molar-refractivity contribution in [2.75, 3.05) is 0 Å². The Hall–Kier alpha value is -2.44. The van der Waals surface area contributed by atoms with Crippen LogP contribution in [0.2, 0.25) is 0 Å². The number of aryl methyl sites for hydroxylation is 1. The minimum absolute atomic E-state index is 0.0777. The van der Waals surface area contributed by atoms with Gasteiger partial charge in [-0.2, -0.15) is 4.39 Å². The lowest BCUT2D eigenvalue weighted by Crippen LogP contribution is -2.32. The van der Waals surface area contributed by atoms with Gasteiger partial charge in [0.15, 0.2) is 0 Å². The van der Waals surface area contributed by atoms with Crippen LogP contribution in [-0.2, 0) is 6.54 Å². The highest BCUT2D eigenvalue weighted by Crippen LogP contribution is 2.10. The van der Waals surface area contributed by atoms with Gasteiger partial charge in [-0.15, -0.1) is 0 Å². The van der Waals surface area contributed by atoms with Gasteiger partial charge in [-0.1, -0.05) is 6.07 Å². The van der Waals surface area contributed by atoms with Crippen LogP contribution in [0.4, 0.5) is 4.39 Å². The first-order valence-electron chi connectivity index (χ1n) is 5.12. The second-order valence-electron chi connectivity index (χ2n) is 3.79. The van der Waals surface area contributed by atoms with Crippen LogP contribution in [0.3, 0.4) is 0 Å². The third kappa shape index (κ3) is 2.15. The minimum atomic E-state index is -1.38. The molecule has 0 unspecified atom stereocenters. The molecule has 0 atom stereocenters. The molecule has 0 fully saturated rings. The van der Waals surface area contributed by atoms with Gasteiger partial charge in [0.25, 0.3) is 5.56 Å². The number of nitrogens with one attached hydrogen (secondary N) is 1. The monoisotopic (exact) mass is 251 g/mol. The van der Waals surface area contributed by atoms with Crippen molar-refractivity contribution in [2.24, 2.45) is 0 Å². The van der Waals surface area contributed by atoms with Gasteiger partial charge in [0.05, 0.1) is 6.54 Å². The fourth-order valence-electron chi connectivity index (χ4n) is 1.46. The molecule has 0 aromatic carbocycles. The number of hydrogen-bond acceptors (Lipinski definition) is 4. The Morgan fingerprint density at radius 3 is 2.78 bits per heavy atom. The van der Waals surface area contributed by atoms with E-state index >= 15 is 0 Å². The van der Waals surface area contributed by atoms with E-state index in [1.807, 2.05) is 0 Å². The summed E-state index contributed by atoms with van der Waals surface area (Å²) in [7, 11) is 0. The molecule has 0 radical (unpaired) electrons. The zero-order valence-corrected chi connectivity index (χ0v) is 9.48. The lowest BCUT2D eigenvalue weighted by Gasteiger charge is -2.07. The first-order valence-corrected chi connectivity index (χ1v) is 5.12. The van der Waals surface area contributed by atoms with Crippen molar-refractivity contribution in [1.82, 2.24) is 14.5 Å². The number of hydrogen-bond donors (Lipinski definition) is 2. The molecule has 0 amide bonds. The van der Waals surface area contributed by atoms with E-state index in [0.29, 0.717) is 5.56 Å². The van der Waals surface area contributed by atoms with Crippen LogP contribution in [0.15, 0.2) is 27.9 Å². The maximum Gasteiger partial charge on any atom is 0.331 e. The molecule has 94 valence electrons. The van der Waals surface area contributed by atoms with Gasteiger partial charge in [-0.3, -0.25) is 19.3 Å². The van der Waals surface area contributed by atoms with E-state index in [1.54, 1.807) is 24.0 Å². The van der Waals surface area contributed by atoms with Crippen LogP contribution in [-0.4, -0.2) is 19.6 Å². The number of halogens is 1. The summed E-state index contributed by atoms with van der Waals surface area (Å²) in [6.45, 7) is 1.72. The molecule has 0 aliphatic heterocycles. The van der Waals surface area contributed by atoms with Gasteiger partial charge in [0.1, 0.15) is 0 Å². The van der Waals surface area contributed by atoms with Crippen LogP contribution < -0.4 is 11.2 Å². The topological polar surface area (TPSA) is 88.0 Å². The lowest BCUT2D eigenvalue weighted by molar-refractivity contribution is 0.367. The molecule has 2 heterocycles. The summed E-state index contributed by atoms with van der Waals surface area (Å²) in [5, 5.41) is 9.42. The van der Waals surface area contributed by atoms with E-state index in [9.17, 15) is 19.1 Å². The molecule has 0 bridgehead atoms. The Labute approximate surface area is 100 Å². The van der Waals surface area contributed by atoms with Gasteiger partial charge in [-0.05, 0) is 18.6 Å². The first kappa shape index (κ1) is 12.0. The zero-order chi connectivity index (χ0) is 13.3. The van der Waals surface area contributed by atoms with Gasteiger partial charge in [0.2, 0.25) is 11.7 Å².